The van der Waals surface area contributed by atoms with Crippen LogP contribution in [0.4, 0.5) is 0 Å². The van der Waals surface area contributed by atoms with Crippen LogP contribution in [-0.2, 0) is 101 Å². The molecule has 43 nitrogen and oxygen atoms in total. The summed E-state index contributed by atoms with van der Waals surface area (Å²) < 4.78 is 11.4. The number of aliphatic carboxylic acids is 2. The number of nitrogens with two attached hydrogens (primary N) is 5. The molecule has 644 valence electrons. The Morgan fingerprint density at radius 2 is 1.17 bits per heavy atom. The van der Waals surface area contributed by atoms with Gasteiger partial charge in [0.2, 0.25) is 94.5 Å². The molecule has 0 saturated carbocycles. The van der Waals surface area contributed by atoms with Crippen LogP contribution in [0, 0.1) is 35.5 Å². The molecule has 2 aliphatic rings. The van der Waals surface area contributed by atoms with E-state index < -0.39 is 284 Å². The fourth-order valence-electron chi connectivity index (χ4n) is 12.9. The molecule has 0 spiro atoms. The molecule has 2 aliphatic heterocycles. The number of carboxylic acid groups (broad SMARTS) is 2. The topological polar surface area (TPSA) is 701 Å². The van der Waals surface area contributed by atoms with Crippen LogP contribution >= 0.6 is 0 Å². The number of ether oxygens (including phenoxy) is 2. The summed E-state index contributed by atoms with van der Waals surface area (Å²) in [5.41, 5.74) is 28.1. The molecule has 0 radical (unpaired) electrons. The maximum Gasteiger partial charge on any atom is 0.329 e. The molecule has 2 heterocycles. The van der Waals surface area contributed by atoms with Crippen molar-refractivity contribution in [2.75, 3.05) is 33.4 Å². The first-order valence-electron chi connectivity index (χ1n) is 37.8. The van der Waals surface area contributed by atoms with Gasteiger partial charge in [-0.1, -0.05) is 55.4 Å². The second-order valence-electron chi connectivity index (χ2n) is 29.7. The second-order valence-corrected chi connectivity index (χ2v) is 29.7. The van der Waals surface area contributed by atoms with E-state index in [1.807, 2.05) is 13.8 Å². The minimum Gasteiger partial charge on any atom is -0.481 e. The Bertz CT molecular complexity index is 3420. The minimum absolute atomic E-state index is 0.0593. The number of carbonyl (C=O) groups is 19. The molecule has 0 bridgehead atoms. The van der Waals surface area contributed by atoms with Crippen LogP contribution in [0.25, 0.3) is 0 Å². The van der Waals surface area contributed by atoms with Crippen LogP contribution in [0.15, 0.2) is 0 Å². The number of carbonyl (C=O) groups excluding carboxylic acids is 17. The van der Waals surface area contributed by atoms with Crippen molar-refractivity contribution in [3.8, 4) is 0 Å². The number of rotatable bonds is 39. The van der Waals surface area contributed by atoms with Gasteiger partial charge in [0, 0.05) is 39.0 Å². The lowest BCUT2D eigenvalue weighted by atomic mass is 9.87. The summed E-state index contributed by atoms with van der Waals surface area (Å²) in [7, 11) is 1.08. The lowest BCUT2D eigenvalue weighted by Gasteiger charge is -2.38. The maximum atomic E-state index is 15.2. The fourth-order valence-corrected chi connectivity index (χ4v) is 12.9. The molecule has 2 rings (SSSR count). The number of aliphatic hydroxyl groups is 3. The molecular formula is C71H119N17O26. The van der Waals surface area contributed by atoms with Gasteiger partial charge in [0.25, 0.3) is 0 Å². The standard InChI is InChI=1S/C71H119N17O26/c1-13-113-56(58(76)99)54-68(109)81-43(29-50(95)96)70(111)88-25-17-15-19-46(88)71(112)114-38(11)53(67(108)84-52(37(10)90)66(107)78-39(18-14-16-24-72)60(101)80-42(27-32(4)5)69(110)87(12)45(64(105)86-54)21-23-48(74)92)85-65(106)51(34(7)35(8)57(75)98)83-63(104)44(30-89)82-61(102)40(20-22-47(73)91)77-62(103)41(28-49(93)94)79-59(100)36(9)55(97)33(6)26-31(2)3/h31-46,51-56,89-90,97H,13-30,72H2,1-12H3,(H2,73,91)(H2,74,92)(H2,75,98)(H2,76,99)(H,77,103)(H,78,107)(H,79,100)(H,80,101)(H,81,109)(H,82,102)(H,83,104)(H,84,108)(H,85,106)(H,86,105)(H,93,94)(H,95,96). The van der Waals surface area contributed by atoms with Crippen molar-refractivity contribution in [2.45, 2.75) is 263 Å². The highest BCUT2D eigenvalue weighted by molar-refractivity contribution is 6.02. The van der Waals surface area contributed by atoms with Crippen molar-refractivity contribution >= 4 is 112 Å². The third-order valence-corrected chi connectivity index (χ3v) is 19.5. The molecule has 0 aromatic carbocycles. The van der Waals surface area contributed by atoms with Gasteiger partial charge in [-0.05, 0) is 115 Å². The first kappa shape index (κ1) is 99.8. The predicted octanol–water partition coefficient (Wildman–Crippen LogP) is -7.66. The number of primary amides is 4. The molecule has 0 aliphatic carbocycles. The molecule has 2 saturated heterocycles. The predicted molar refractivity (Wildman–Crippen MR) is 399 cm³/mol. The highest BCUT2D eigenvalue weighted by Gasteiger charge is 2.47. The van der Waals surface area contributed by atoms with Gasteiger partial charge in [0.1, 0.15) is 78.6 Å². The number of piperidine rings is 1. The Kier molecular flexibility index (Phi) is 42.1. The number of nitrogens with zero attached hydrogens (tertiary/aromatic N) is 2. The van der Waals surface area contributed by atoms with Crippen LogP contribution in [0.5, 0.6) is 0 Å². The summed E-state index contributed by atoms with van der Waals surface area (Å²) in [5.74, 6) is -30.0. The number of nitrogens with one attached hydrogen (secondary N) is 10. The smallest absolute Gasteiger partial charge is 0.329 e. The van der Waals surface area contributed by atoms with Crippen molar-refractivity contribution in [3.05, 3.63) is 0 Å². The zero-order valence-corrected chi connectivity index (χ0v) is 66.5. The number of hydrogen-bond donors (Lipinski definition) is 20. The Hall–Kier alpha value is -10.3. The molecule has 16 amide bonds. The van der Waals surface area contributed by atoms with Gasteiger partial charge in [-0.15, -0.1) is 0 Å². The van der Waals surface area contributed by atoms with Crippen molar-refractivity contribution < 1.29 is 126 Å². The second kappa shape index (κ2) is 48.1. The Balaban J connectivity index is 3.07. The average molecular weight is 1630 g/mol. The van der Waals surface area contributed by atoms with E-state index in [-0.39, 0.29) is 70.6 Å². The summed E-state index contributed by atoms with van der Waals surface area (Å²) in [6.07, 6.45) is -12.1. The quantitative estimate of drug-likeness (QED) is 0.0201. The lowest BCUT2D eigenvalue weighted by molar-refractivity contribution is -0.164. The van der Waals surface area contributed by atoms with Gasteiger partial charge in [0.15, 0.2) is 6.10 Å². The van der Waals surface area contributed by atoms with E-state index in [1.165, 1.54) is 27.7 Å². The lowest BCUT2D eigenvalue weighted by Crippen LogP contribution is -2.65. The zero-order valence-electron chi connectivity index (χ0n) is 66.5. The number of unbranched alkanes of at least 4 members (excludes halogenated alkanes) is 1. The molecule has 43 heteroatoms. The van der Waals surface area contributed by atoms with Crippen molar-refractivity contribution in [2.24, 2.45) is 64.2 Å². The van der Waals surface area contributed by atoms with E-state index in [0.717, 1.165) is 30.7 Å². The monoisotopic (exact) mass is 1630 g/mol. The first-order chi connectivity index (χ1) is 53.1. The summed E-state index contributed by atoms with van der Waals surface area (Å²) >= 11 is 0. The molecule has 25 N–H and O–H groups in total. The first-order valence-corrected chi connectivity index (χ1v) is 37.8. The molecule has 20 unspecified atom stereocenters. The molecule has 114 heavy (non-hydrogen) atoms. The van der Waals surface area contributed by atoms with Crippen molar-refractivity contribution in [1.29, 1.82) is 0 Å². The zero-order chi connectivity index (χ0) is 87.0. The van der Waals surface area contributed by atoms with Crippen molar-refractivity contribution in [3.63, 3.8) is 0 Å². The molecule has 0 aromatic heterocycles. The molecular weight excluding hydrogens is 1510 g/mol. The van der Waals surface area contributed by atoms with E-state index >= 15 is 9.59 Å². The largest absolute Gasteiger partial charge is 0.481 e. The molecule has 2 fully saturated rings. The number of esters is 1. The van der Waals surface area contributed by atoms with Gasteiger partial charge in [-0.3, -0.25) is 86.3 Å². The Morgan fingerprint density at radius 3 is 1.70 bits per heavy atom. The van der Waals surface area contributed by atoms with Crippen LogP contribution < -0.4 is 81.8 Å². The Morgan fingerprint density at radius 1 is 0.605 bits per heavy atom. The number of likely N-dealkylation sites (N-methyl/N-ethyl adjacent to an activating group) is 1. The maximum absolute atomic E-state index is 15.2. The van der Waals surface area contributed by atoms with Crippen molar-refractivity contribution in [1.82, 2.24) is 63.0 Å². The van der Waals surface area contributed by atoms with Gasteiger partial charge in [0.05, 0.1) is 37.6 Å². The van der Waals surface area contributed by atoms with E-state index in [0.29, 0.717) is 6.42 Å². The Labute approximate surface area is 659 Å². The average Bonchev–Trinajstić information content (AvgIpc) is 0.917. The molecule has 0 aromatic rings. The number of fused-ring (bicyclic) bond motifs is 1. The third-order valence-electron chi connectivity index (χ3n) is 19.5. The number of aliphatic hydroxyl groups excluding tert-OH is 3. The normalized spacial score (nSPS) is 23.6. The number of hydrogen-bond acceptors (Lipinski definition) is 25. The SMILES string of the molecule is CCOC(C(N)=O)C1NC(=O)C(CCC(N)=O)N(C)C(=O)C(CC(C)C)NC(=O)C(CCCCN)NC(=O)C(C(C)O)NC(=O)C(NC(=O)C(NC(=O)C(CO)NC(=O)C(CCC(N)=O)NC(=O)C(CC(=O)O)NC(=O)C(C)C(O)C(C)CC(C)C)C(C)C(C)C(N)=O)C(C)OC(=O)C2CCCCN2C(=O)C(CC(=O)O)NC1=O. The van der Waals surface area contributed by atoms with Crippen LogP contribution in [-0.4, -0.2) is 278 Å². The van der Waals surface area contributed by atoms with Crippen LogP contribution in [0.2, 0.25) is 0 Å². The van der Waals surface area contributed by atoms with E-state index in [1.54, 1.807) is 20.8 Å². The summed E-state index contributed by atoms with van der Waals surface area (Å²) in [5, 5.41) is 76.0. The van der Waals surface area contributed by atoms with E-state index in [2.05, 4.69) is 53.2 Å². The minimum atomic E-state index is -2.36. The van der Waals surface area contributed by atoms with Crippen LogP contribution in [0.3, 0.4) is 0 Å². The summed E-state index contributed by atoms with van der Waals surface area (Å²) in [4.78, 5) is 267. The number of carboxylic acids is 2. The summed E-state index contributed by atoms with van der Waals surface area (Å²) in [6, 6.07) is -24.1. The van der Waals surface area contributed by atoms with Gasteiger partial charge in [-0.25, -0.2) is 4.79 Å². The number of cyclic esters (lactones) is 1. The highest BCUT2D eigenvalue weighted by Crippen LogP contribution is 2.25. The van der Waals surface area contributed by atoms with Gasteiger partial charge < -0.3 is 127 Å². The van der Waals surface area contributed by atoms with E-state index in [4.69, 9.17) is 38.1 Å². The molecule has 20 atom stereocenters. The fraction of sp³-hybridized carbons (Fsp3) is 0.732. The van der Waals surface area contributed by atoms with Gasteiger partial charge in [-0.2, -0.15) is 0 Å². The van der Waals surface area contributed by atoms with E-state index in [9.17, 15) is 107 Å². The third kappa shape index (κ3) is 31.6. The highest BCUT2D eigenvalue weighted by atomic mass is 16.5. The number of amides is 16. The van der Waals surface area contributed by atoms with Crippen LogP contribution in [0.1, 0.15) is 166 Å². The van der Waals surface area contributed by atoms with Gasteiger partial charge >= 0.3 is 17.9 Å². The summed E-state index contributed by atoms with van der Waals surface area (Å²) in [6.45, 7) is 13.7.